The van der Waals surface area contributed by atoms with E-state index < -0.39 is 0 Å². The number of aromatic nitrogens is 1. The summed E-state index contributed by atoms with van der Waals surface area (Å²) in [7, 11) is 0. The first-order valence-electron chi connectivity index (χ1n) is 8.75. The summed E-state index contributed by atoms with van der Waals surface area (Å²) < 4.78 is 0. The lowest BCUT2D eigenvalue weighted by Gasteiger charge is -2.30. The number of amides is 1. The van der Waals surface area contributed by atoms with Gasteiger partial charge >= 0.3 is 0 Å². The average molecular weight is 353 g/mol. The molecule has 0 saturated heterocycles. The van der Waals surface area contributed by atoms with Crippen LogP contribution in [0.3, 0.4) is 0 Å². The number of hydrogen-bond donors (Lipinski definition) is 1. The van der Waals surface area contributed by atoms with Crippen molar-refractivity contribution in [1.29, 1.82) is 0 Å². The van der Waals surface area contributed by atoms with E-state index in [0.29, 0.717) is 12.5 Å². The third-order valence-corrected chi connectivity index (χ3v) is 5.27. The van der Waals surface area contributed by atoms with Gasteiger partial charge in [0, 0.05) is 28.2 Å². The van der Waals surface area contributed by atoms with Gasteiger partial charge in [-0.3, -0.25) is 4.79 Å². The van der Waals surface area contributed by atoms with Crippen LogP contribution >= 0.6 is 11.6 Å². The molecule has 0 radical (unpaired) electrons. The minimum atomic E-state index is 0.0578. The Hall–Kier alpha value is -2.26. The fourth-order valence-electron chi connectivity index (χ4n) is 3.52. The molecule has 1 aliphatic rings. The Morgan fingerprint density at radius 1 is 1.20 bits per heavy atom. The van der Waals surface area contributed by atoms with Crippen molar-refractivity contribution >= 4 is 28.4 Å². The van der Waals surface area contributed by atoms with Gasteiger partial charge in [-0.25, -0.2) is 0 Å². The van der Waals surface area contributed by atoms with E-state index in [4.69, 9.17) is 11.6 Å². The normalized spacial score (nSPS) is 15.3. The van der Waals surface area contributed by atoms with Crippen molar-refractivity contribution < 1.29 is 4.79 Å². The molecule has 4 rings (SSSR count). The van der Waals surface area contributed by atoms with Crippen molar-refractivity contribution in [2.24, 2.45) is 0 Å². The first kappa shape index (κ1) is 16.2. The van der Waals surface area contributed by atoms with Gasteiger partial charge in [-0.15, -0.1) is 0 Å². The number of nitrogens with one attached hydrogen (secondary N) is 1. The van der Waals surface area contributed by atoms with E-state index in [-0.39, 0.29) is 11.9 Å². The van der Waals surface area contributed by atoms with E-state index in [2.05, 4.69) is 22.9 Å². The molecule has 128 valence electrons. The smallest absolute Gasteiger partial charge is 0.227 e. The SMILES string of the molecule is CC(c1ccc(Cl)cc1)N(C(=O)Cc1c[nH]c2ccccc12)C1CC1. The summed E-state index contributed by atoms with van der Waals surface area (Å²) in [6.45, 7) is 2.11. The van der Waals surface area contributed by atoms with Crippen LogP contribution in [0.1, 0.15) is 36.9 Å². The van der Waals surface area contributed by atoms with Crippen LogP contribution in [-0.2, 0) is 11.2 Å². The van der Waals surface area contributed by atoms with Crippen LogP contribution in [0.5, 0.6) is 0 Å². The van der Waals surface area contributed by atoms with Crippen LogP contribution in [0.2, 0.25) is 5.02 Å². The second-order valence-electron chi connectivity index (χ2n) is 6.80. The molecule has 25 heavy (non-hydrogen) atoms. The largest absolute Gasteiger partial charge is 0.361 e. The quantitative estimate of drug-likeness (QED) is 0.680. The molecule has 1 aliphatic carbocycles. The molecule has 1 unspecified atom stereocenters. The lowest BCUT2D eigenvalue weighted by atomic mass is 10.0. The van der Waals surface area contributed by atoms with Crippen LogP contribution in [0.25, 0.3) is 10.9 Å². The zero-order valence-corrected chi connectivity index (χ0v) is 15.0. The molecule has 0 spiro atoms. The molecule has 4 heteroatoms. The highest BCUT2D eigenvalue weighted by molar-refractivity contribution is 6.30. The highest BCUT2D eigenvalue weighted by Crippen LogP contribution is 2.35. The van der Waals surface area contributed by atoms with Gasteiger partial charge in [0.15, 0.2) is 0 Å². The van der Waals surface area contributed by atoms with E-state index in [1.54, 1.807) is 0 Å². The van der Waals surface area contributed by atoms with E-state index in [0.717, 1.165) is 39.9 Å². The maximum absolute atomic E-state index is 13.1. The zero-order chi connectivity index (χ0) is 17.4. The van der Waals surface area contributed by atoms with Gasteiger partial charge in [-0.05, 0) is 49.1 Å². The predicted molar refractivity (Wildman–Crippen MR) is 102 cm³/mol. The molecular weight excluding hydrogens is 332 g/mol. The van der Waals surface area contributed by atoms with E-state index >= 15 is 0 Å². The average Bonchev–Trinajstić information content (AvgIpc) is 3.37. The Bertz CT molecular complexity index is 896. The fourth-order valence-corrected chi connectivity index (χ4v) is 3.65. The molecule has 1 aromatic heterocycles. The third-order valence-electron chi connectivity index (χ3n) is 5.01. The summed E-state index contributed by atoms with van der Waals surface area (Å²) in [6.07, 6.45) is 4.58. The molecule has 1 amide bonds. The lowest BCUT2D eigenvalue weighted by molar-refractivity contribution is -0.133. The second kappa shape index (κ2) is 6.57. The number of rotatable bonds is 5. The molecule has 3 nitrogen and oxygen atoms in total. The van der Waals surface area contributed by atoms with Crippen molar-refractivity contribution in [3.8, 4) is 0 Å². The molecule has 0 aliphatic heterocycles. The molecule has 1 fully saturated rings. The van der Waals surface area contributed by atoms with Crippen LogP contribution < -0.4 is 0 Å². The Balaban J connectivity index is 1.58. The summed E-state index contributed by atoms with van der Waals surface area (Å²) in [4.78, 5) is 18.4. The summed E-state index contributed by atoms with van der Waals surface area (Å²) in [5.41, 5.74) is 3.27. The van der Waals surface area contributed by atoms with Crippen LogP contribution in [0, 0.1) is 0 Å². The van der Waals surface area contributed by atoms with Gasteiger partial charge < -0.3 is 9.88 Å². The lowest BCUT2D eigenvalue weighted by Crippen LogP contribution is -2.36. The third kappa shape index (κ3) is 3.29. The highest BCUT2D eigenvalue weighted by atomic mass is 35.5. The Kier molecular flexibility index (Phi) is 4.26. The van der Waals surface area contributed by atoms with Crippen molar-refractivity contribution in [3.63, 3.8) is 0 Å². The number of fused-ring (bicyclic) bond motifs is 1. The first-order chi connectivity index (χ1) is 12.1. The molecule has 1 atom stereocenters. The van der Waals surface area contributed by atoms with Gasteiger partial charge in [0.2, 0.25) is 5.91 Å². The van der Waals surface area contributed by atoms with Gasteiger partial charge in [0.25, 0.3) is 0 Å². The van der Waals surface area contributed by atoms with Gasteiger partial charge in [0.1, 0.15) is 0 Å². The Morgan fingerprint density at radius 3 is 2.64 bits per heavy atom. The van der Waals surface area contributed by atoms with Crippen molar-refractivity contribution in [2.75, 3.05) is 0 Å². The minimum absolute atomic E-state index is 0.0578. The molecule has 1 heterocycles. The summed E-state index contributed by atoms with van der Waals surface area (Å²) in [6, 6.07) is 16.4. The maximum atomic E-state index is 13.1. The highest BCUT2D eigenvalue weighted by Gasteiger charge is 2.36. The van der Waals surface area contributed by atoms with Crippen LogP contribution in [0.4, 0.5) is 0 Å². The van der Waals surface area contributed by atoms with Gasteiger partial charge in [-0.2, -0.15) is 0 Å². The van der Waals surface area contributed by atoms with Gasteiger partial charge in [-0.1, -0.05) is 41.9 Å². The number of H-pyrrole nitrogens is 1. The summed E-state index contributed by atoms with van der Waals surface area (Å²) in [5, 5.41) is 1.85. The monoisotopic (exact) mass is 352 g/mol. The molecule has 0 bridgehead atoms. The zero-order valence-electron chi connectivity index (χ0n) is 14.2. The van der Waals surface area contributed by atoms with Crippen LogP contribution in [0.15, 0.2) is 54.7 Å². The number of para-hydroxylation sites is 1. The Labute approximate surface area is 152 Å². The number of carbonyl (C=O) groups excluding carboxylic acids is 1. The van der Waals surface area contributed by atoms with E-state index in [1.165, 1.54) is 0 Å². The van der Waals surface area contributed by atoms with Crippen LogP contribution in [-0.4, -0.2) is 21.8 Å². The van der Waals surface area contributed by atoms with Gasteiger partial charge in [0.05, 0.1) is 12.5 Å². The number of aromatic amines is 1. The van der Waals surface area contributed by atoms with E-state index in [9.17, 15) is 4.79 Å². The predicted octanol–water partition coefficient (Wildman–Crippen LogP) is 5.12. The molecular formula is C21H21ClN2O. The number of benzene rings is 2. The Morgan fingerprint density at radius 2 is 1.92 bits per heavy atom. The minimum Gasteiger partial charge on any atom is -0.361 e. The second-order valence-corrected chi connectivity index (χ2v) is 7.23. The standard InChI is InChI=1S/C21H21ClN2O/c1-14(15-6-8-17(22)9-7-15)24(18-10-11-18)21(25)12-16-13-23-20-5-3-2-4-19(16)20/h2-9,13-14,18,23H,10-12H2,1H3. The molecule has 3 aromatic rings. The molecule has 1 saturated carbocycles. The fraction of sp³-hybridized carbons (Fsp3) is 0.286. The van der Waals surface area contributed by atoms with Crippen molar-refractivity contribution in [3.05, 3.63) is 70.9 Å². The summed E-state index contributed by atoms with van der Waals surface area (Å²) >= 11 is 6.00. The summed E-state index contributed by atoms with van der Waals surface area (Å²) in [5.74, 6) is 0.190. The first-order valence-corrected chi connectivity index (χ1v) is 9.13. The number of hydrogen-bond acceptors (Lipinski definition) is 1. The number of nitrogens with zero attached hydrogens (tertiary/aromatic N) is 1. The molecule has 2 aromatic carbocycles. The van der Waals surface area contributed by atoms with Crippen molar-refractivity contribution in [2.45, 2.75) is 38.3 Å². The van der Waals surface area contributed by atoms with Crippen molar-refractivity contribution in [1.82, 2.24) is 9.88 Å². The van der Waals surface area contributed by atoms with E-state index in [1.807, 2.05) is 48.7 Å². The molecule has 1 N–H and O–H groups in total. The maximum Gasteiger partial charge on any atom is 0.227 e. The number of carbonyl (C=O) groups is 1. The number of halogens is 1. The topological polar surface area (TPSA) is 36.1 Å².